The molecule has 0 aliphatic carbocycles. The van der Waals surface area contributed by atoms with E-state index < -0.39 is 15.9 Å². The smallest absolute Gasteiger partial charge is 0.259 e. The molecule has 0 heterocycles. The molecule has 0 aromatic heterocycles. The summed E-state index contributed by atoms with van der Waals surface area (Å²) in [4.78, 5) is 12.2. The molecular weight excluding hydrogens is 567 g/mol. The summed E-state index contributed by atoms with van der Waals surface area (Å²) in [6.07, 6.45) is -1.13. The van der Waals surface area contributed by atoms with Gasteiger partial charge in [-0.1, -0.05) is 73.9 Å². The minimum atomic E-state index is -1.89. The molecule has 1 atom stereocenters. The van der Waals surface area contributed by atoms with Crippen LogP contribution in [0.25, 0.3) is 0 Å². The van der Waals surface area contributed by atoms with Gasteiger partial charge in [-0.3, -0.25) is 4.79 Å². The van der Waals surface area contributed by atoms with E-state index in [0.29, 0.717) is 10.7 Å². The third-order valence-corrected chi connectivity index (χ3v) is 5.20. The van der Waals surface area contributed by atoms with Crippen LogP contribution in [0.15, 0.2) is 46.9 Å². The number of carbonyl (C=O) groups excluding carboxylic acids is 1. The van der Waals surface area contributed by atoms with Crippen molar-refractivity contribution in [1.29, 1.82) is 0 Å². The summed E-state index contributed by atoms with van der Waals surface area (Å²) in [6, 6.07) is 11.9. The third kappa shape index (κ3) is 8.53. The highest BCUT2D eigenvalue weighted by Crippen LogP contribution is 2.30. The predicted octanol–water partition coefficient (Wildman–Crippen LogP) is 5.93. The summed E-state index contributed by atoms with van der Waals surface area (Å²) in [5.74, 6) is -0.275. The molecule has 12 heteroatoms. The van der Waals surface area contributed by atoms with Crippen LogP contribution in [-0.4, -0.2) is 27.6 Å². The Balaban J connectivity index is 1.94. The Morgan fingerprint density at radius 3 is 2.34 bits per heavy atom. The van der Waals surface area contributed by atoms with Crippen molar-refractivity contribution in [2.24, 2.45) is 0 Å². The Morgan fingerprint density at radius 2 is 1.76 bits per heavy atom. The SMILES string of the molecule is O=C(COc1ccc(Cl)cc1Cl)N[C@H](NC(=S)Nc1ccc(Br)cc1)C(Cl)(Cl)Cl. The lowest BCUT2D eigenvalue weighted by molar-refractivity contribution is -0.123. The predicted molar refractivity (Wildman–Crippen MR) is 128 cm³/mol. The number of hydrogen-bond acceptors (Lipinski definition) is 3. The molecule has 0 fully saturated rings. The van der Waals surface area contributed by atoms with Crippen LogP contribution in [0.4, 0.5) is 5.69 Å². The summed E-state index contributed by atoms with van der Waals surface area (Å²) in [5, 5.41) is 9.04. The van der Waals surface area contributed by atoms with E-state index in [1.165, 1.54) is 6.07 Å². The molecule has 0 spiro atoms. The number of anilines is 1. The van der Waals surface area contributed by atoms with E-state index in [1.54, 1.807) is 24.3 Å². The normalized spacial score (nSPS) is 12.1. The Bertz CT molecular complexity index is 880. The molecule has 0 aliphatic rings. The number of nitrogens with one attached hydrogen (secondary N) is 3. The number of benzene rings is 2. The van der Waals surface area contributed by atoms with Crippen LogP contribution in [-0.2, 0) is 4.79 Å². The fraction of sp³-hybridized carbons (Fsp3) is 0.176. The molecule has 0 unspecified atom stereocenters. The number of hydrogen-bond donors (Lipinski definition) is 3. The number of ether oxygens (including phenoxy) is 1. The van der Waals surface area contributed by atoms with Crippen molar-refractivity contribution in [1.82, 2.24) is 10.6 Å². The molecule has 0 radical (unpaired) electrons. The first-order valence-electron chi connectivity index (χ1n) is 7.81. The van der Waals surface area contributed by atoms with Gasteiger partial charge in [0, 0.05) is 15.2 Å². The van der Waals surface area contributed by atoms with Crippen molar-refractivity contribution in [2.45, 2.75) is 9.96 Å². The monoisotopic (exact) mass is 577 g/mol. The van der Waals surface area contributed by atoms with Crippen LogP contribution in [0.1, 0.15) is 0 Å². The molecule has 2 aromatic rings. The van der Waals surface area contributed by atoms with E-state index in [0.717, 1.165) is 4.47 Å². The van der Waals surface area contributed by atoms with Gasteiger partial charge in [0.15, 0.2) is 11.7 Å². The Kier molecular flexibility index (Phi) is 9.41. The van der Waals surface area contributed by atoms with Crippen LogP contribution in [0.5, 0.6) is 5.75 Å². The zero-order valence-corrected chi connectivity index (χ0v) is 20.5. The van der Waals surface area contributed by atoms with Gasteiger partial charge in [0.2, 0.25) is 3.79 Å². The van der Waals surface area contributed by atoms with Crippen LogP contribution >= 0.6 is 86.2 Å². The number of thiocarbonyl (C=S) groups is 1. The number of halogens is 6. The molecule has 0 aliphatic heterocycles. The van der Waals surface area contributed by atoms with E-state index in [-0.39, 0.29) is 22.5 Å². The maximum absolute atomic E-state index is 12.2. The molecule has 3 N–H and O–H groups in total. The molecule has 0 saturated carbocycles. The van der Waals surface area contributed by atoms with E-state index >= 15 is 0 Å². The van der Waals surface area contributed by atoms with Gasteiger partial charge >= 0.3 is 0 Å². The Hall–Kier alpha value is -0.670. The summed E-state index contributed by atoms with van der Waals surface area (Å²) in [5.41, 5.74) is 0.709. The Labute approximate surface area is 206 Å². The lowest BCUT2D eigenvalue weighted by Gasteiger charge is -2.27. The number of amides is 1. The number of rotatable bonds is 6. The molecule has 2 aromatic carbocycles. The second kappa shape index (κ2) is 11.1. The highest BCUT2D eigenvalue weighted by molar-refractivity contribution is 9.10. The molecular formula is C17H13BrCl5N3O2S. The van der Waals surface area contributed by atoms with Crippen molar-refractivity contribution < 1.29 is 9.53 Å². The van der Waals surface area contributed by atoms with Crippen LogP contribution < -0.4 is 20.7 Å². The second-order valence-corrected chi connectivity index (χ2v) is 10.0. The molecule has 1 amide bonds. The van der Waals surface area contributed by atoms with Crippen LogP contribution in [0.3, 0.4) is 0 Å². The van der Waals surface area contributed by atoms with Gasteiger partial charge in [-0.2, -0.15) is 0 Å². The van der Waals surface area contributed by atoms with Crippen molar-refractivity contribution in [2.75, 3.05) is 11.9 Å². The van der Waals surface area contributed by atoms with Crippen molar-refractivity contribution >= 4 is 103 Å². The van der Waals surface area contributed by atoms with Gasteiger partial charge < -0.3 is 20.7 Å². The van der Waals surface area contributed by atoms with Gasteiger partial charge in [-0.15, -0.1) is 0 Å². The average Bonchev–Trinajstić information content (AvgIpc) is 2.61. The molecule has 0 saturated heterocycles. The van der Waals surface area contributed by atoms with Gasteiger partial charge in [-0.05, 0) is 54.7 Å². The summed E-state index contributed by atoms with van der Waals surface area (Å²) < 4.78 is 4.39. The quantitative estimate of drug-likeness (QED) is 0.225. The fourth-order valence-corrected chi connectivity index (χ4v) is 3.26. The van der Waals surface area contributed by atoms with Gasteiger partial charge in [0.1, 0.15) is 11.9 Å². The zero-order chi connectivity index (χ0) is 21.6. The molecule has 2 rings (SSSR count). The largest absolute Gasteiger partial charge is 0.482 e. The minimum absolute atomic E-state index is 0.144. The van der Waals surface area contributed by atoms with Crippen molar-refractivity contribution in [3.8, 4) is 5.75 Å². The summed E-state index contributed by atoms with van der Waals surface area (Å²) in [7, 11) is 0. The second-order valence-electron chi connectivity index (χ2n) is 5.51. The maximum Gasteiger partial charge on any atom is 0.259 e. The molecule has 5 nitrogen and oxygen atoms in total. The molecule has 29 heavy (non-hydrogen) atoms. The number of alkyl halides is 3. The average molecular weight is 581 g/mol. The minimum Gasteiger partial charge on any atom is -0.482 e. The van der Waals surface area contributed by atoms with E-state index in [4.69, 9.17) is 75.0 Å². The van der Waals surface area contributed by atoms with E-state index in [2.05, 4.69) is 31.9 Å². The first-order valence-corrected chi connectivity index (χ1v) is 10.9. The fourth-order valence-electron chi connectivity index (χ4n) is 1.97. The van der Waals surface area contributed by atoms with E-state index in [9.17, 15) is 4.79 Å². The Morgan fingerprint density at radius 1 is 1.10 bits per heavy atom. The first kappa shape index (κ1) is 24.6. The van der Waals surface area contributed by atoms with Gasteiger partial charge in [0.25, 0.3) is 5.91 Å². The highest BCUT2D eigenvalue weighted by atomic mass is 79.9. The van der Waals surface area contributed by atoms with Crippen LogP contribution in [0.2, 0.25) is 10.0 Å². The highest BCUT2D eigenvalue weighted by Gasteiger charge is 2.34. The maximum atomic E-state index is 12.2. The standard InChI is InChI=1S/C17H13BrCl5N3O2S/c18-9-1-4-11(5-2-9)24-16(29)26-15(17(21,22)23)25-14(27)8-28-13-6-3-10(19)7-12(13)20/h1-7,15H,8H2,(H,25,27)(H2,24,26,29)/t15-/m1/s1. The van der Waals surface area contributed by atoms with Crippen LogP contribution in [0, 0.1) is 0 Å². The summed E-state index contributed by atoms with van der Waals surface area (Å²) in [6.45, 7) is -0.368. The van der Waals surface area contributed by atoms with Crippen molar-refractivity contribution in [3.63, 3.8) is 0 Å². The third-order valence-electron chi connectivity index (χ3n) is 3.26. The van der Waals surface area contributed by atoms with Crippen molar-refractivity contribution in [3.05, 3.63) is 57.0 Å². The molecule has 156 valence electrons. The number of carbonyl (C=O) groups is 1. The zero-order valence-electron chi connectivity index (χ0n) is 14.3. The lowest BCUT2D eigenvalue weighted by Crippen LogP contribution is -2.56. The van der Waals surface area contributed by atoms with Gasteiger partial charge in [-0.25, -0.2) is 0 Å². The summed E-state index contributed by atoms with van der Waals surface area (Å²) >= 11 is 38.2. The molecule has 0 bridgehead atoms. The topological polar surface area (TPSA) is 62.4 Å². The van der Waals surface area contributed by atoms with Gasteiger partial charge in [0.05, 0.1) is 5.02 Å². The first-order chi connectivity index (χ1) is 13.5. The lowest BCUT2D eigenvalue weighted by atomic mass is 10.3. The van der Waals surface area contributed by atoms with E-state index in [1.807, 2.05) is 12.1 Å².